The van der Waals surface area contributed by atoms with Crippen LogP contribution in [-0.4, -0.2) is 35.2 Å². The number of hydrogen-bond acceptors (Lipinski definition) is 3. The van der Waals surface area contributed by atoms with Gasteiger partial charge in [-0.2, -0.15) is 11.8 Å². The van der Waals surface area contributed by atoms with E-state index in [1.54, 1.807) is 13.2 Å². The van der Waals surface area contributed by atoms with Gasteiger partial charge in [0.05, 0.1) is 6.61 Å². The molecule has 0 aliphatic heterocycles. The van der Waals surface area contributed by atoms with Gasteiger partial charge in [-0.25, -0.2) is 8.78 Å². The van der Waals surface area contributed by atoms with E-state index in [-0.39, 0.29) is 17.4 Å². The summed E-state index contributed by atoms with van der Waals surface area (Å²) in [5.74, 6) is -2.55. The van der Waals surface area contributed by atoms with Crippen molar-refractivity contribution in [2.45, 2.75) is 25.1 Å². The van der Waals surface area contributed by atoms with Gasteiger partial charge >= 0.3 is 0 Å². The van der Waals surface area contributed by atoms with E-state index < -0.39 is 29.1 Å². The molecule has 3 nitrogen and oxygen atoms in total. The van der Waals surface area contributed by atoms with Gasteiger partial charge in [-0.15, -0.1) is 0 Å². The van der Waals surface area contributed by atoms with Crippen LogP contribution in [0, 0.1) is 18.6 Å². The Morgan fingerprint density at radius 1 is 1.47 bits per heavy atom. The number of carbonyl (C=O) groups excluding carboxylic acids is 1. The van der Waals surface area contributed by atoms with Gasteiger partial charge in [-0.05, 0) is 31.7 Å². The summed E-state index contributed by atoms with van der Waals surface area (Å²) in [6.07, 6.45) is 1.79. The zero-order valence-electron chi connectivity index (χ0n) is 11.0. The molecule has 2 unspecified atom stereocenters. The lowest BCUT2D eigenvalue weighted by Crippen LogP contribution is -2.41. The number of aliphatic hydroxyl groups is 1. The topological polar surface area (TPSA) is 49.3 Å². The summed E-state index contributed by atoms with van der Waals surface area (Å²) < 4.78 is 27.3. The summed E-state index contributed by atoms with van der Waals surface area (Å²) in [5.41, 5.74) is -0.368. The monoisotopic (exact) mass is 289 g/mol. The molecule has 0 aliphatic rings. The van der Waals surface area contributed by atoms with Crippen molar-refractivity contribution < 1.29 is 18.7 Å². The summed E-state index contributed by atoms with van der Waals surface area (Å²) in [6.45, 7) is 3.02. The van der Waals surface area contributed by atoms with E-state index in [1.807, 2.05) is 0 Å². The molecule has 0 heterocycles. The second-order valence-electron chi connectivity index (χ2n) is 4.27. The van der Waals surface area contributed by atoms with E-state index in [2.05, 4.69) is 5.32 Å². The fourth-order valence-electron chi connectivity index (χ4n) is 1.67. The SMILES string of the molecule is CSC(CO)C(C)NC(=O)c1c(F)ccc(C)c1F. The van der Waals surface area contributed by atoms with Gasteiger partial charge in [0.2, 0.25) is 0 Å². The predicted octanol–water partition coefficient (Wildman–Crippen LogP) is 2.12. The molecule has 106 valence electrons. The number of aryl methyl sites for hydroxylation is 1. The van der Waals surface area contributed by atoms with Gasteiger partial charge in [0, 0.05) is 11.3 Å². The Morgan fingerprint density at radius 2 is 2.11 bits per heavy atom. The molecule has 2 atom stereocenters. The highest BCUT2D eigenvalue weighted by Gasteiger charge is 2.23. The number of hydrogen-bond donors (Lipinski definition) is 2. The third kappa shape index (κ3) is 3.67. The van der Waals surface area contributed by atoms with Crippen LogP contribution in [0.5, 0.6) is 0 Å². The number of carbonyl (C=O) groups is 1. The van der Waals surface area contributed by atoms with Crippen LogP contribution in [0.4, 0.5) is 8.78 Å². The van der Waals surface area contributed by atoms with Crippen LogP contribution in [0.3, 0.4) is 0 Å². The number of halogens is 2. The fraction of sp³-hybridized carbons (Fsp3) is 0.462. The fourth-order valence-corrected chi connectivity index (χ4v) is 2.30. The summed E-state index contributed by atoms with van der Waals surface area (Å²) in [7, 11) is 0. The summed E-state index contributed by atoms with van der Waals surface area (Å²) >= 11 is 1.37. The summed E-state index contributed by atoms with van der Waals surface area (Å²) in [5, 5.41) is 11.4. The molecule has 0 radical (unpaired) electrons. The third-order valence-electron chi connectivity index (χ3n) is 2.91. The van der Waals surface area contributed by atoms with Crippen LogP contribution in [0.2, 0.25) is 0 Å². The van der Waals surface area contributed by atoms with E-state index >= 15 is 0 Å². The van der Waals surface area contributed by atoms with Crippen molar-refractivity contribution in [3.05, 3.63) is 34.9 Å². The number of thioether (sulfide) groups is 1. The molecule has 0 spiro atoms. The number of aliphatic hydroxyl groups excluding tert-OH is 1. The van der Waals surface area contributed by atoms with Crippen molar-refractivity contribution in [1.82, 2.24) is 5.32 Å². The minimum Gasteiger partial charge on any atom is -0.395 e. The van der Waals surface area contributed by atoms with Crippen LogP contribution < -0.4 is 5.32 Å². The Labute approximate surface area is 115 Å². The minimum atomic E-state index is -0.891. The lowest BCUT2D eigenvalue weighted by molar-refractivity contribution is 0.0927. The maximum atomic E-state index is 13.8. The second-order valence-corrected chi connectivity index (χ2v) is 5.35. The van der Waals surface area contributed by atoms with E-state index in [0.29, 0.717) is 0 Å². The highest BCUT2D eigenvalue weighted by molar-refractivity contribution is 7.99. The van der Waals surface area contributed by atoms with Gasteiger partial charge in [0.1, 0.15) is 17.2 Å². The molecule has 0 saturated carbocycles. The first-order valence-electron chi connectivity index (χ1n) is 5.81. The molecule has 0 bridgehead atoms. The van der Waals surface area contributed by atoms with Crippen molar-refractivity contribution in [3.8, 4) is 0 Å². The van der Waals surface area contributed by atoms with Crippen molar-refractivity contribution in [2.24, 2.45) is 0 Å². The first-order valence-corrected chi connectivity index (χ1v) is 7.10. The number of benzene rings is 1. The van der Waals surface area contributed by atoms with Gasteiger partial charge in [-0.3, -0.25) is 4.79 Å². The molecule has 2 N–H and O–H groups in total. The molecule has 6 heteroatoms. The summed E-state index contributed by atoms with van der Waals surface area (Å²) in [4.78, 5) is 11.9. The quantitative estimate of drug-likeness (QED) is 0.873. The van der Waals surface area contributed by atoms with Gasteiger partial charge in [0.25, 0.3) is 5.91 Å². The molecule has 0 aliphatic carbocycles. The van der Waals surface area contributed by atoms with Crippen molar-refractivity contribution in [3.63, 3.8) is 0 Å². The minimum absolute atomic E-state index is 0.124. The van der Waals surface area contributed by atoms with Crippen LogP contribution >= 0.6 is 11.8 Å². The third-order valence-corrected chi connectivity index (χ3v) is 4.07. The average molecular weight is 289 g/mol. The molecule has 1 amide bonds. The van der Waals surface area contributed by atoms with Gasteiger partial charge < -0.3 is 10.4 Å². The van der Waals surface area contributed by atoms with Crippen LogP contribution in [0.15, 0.2) is 12.1 Å². The average Bonchev–Trinajstić information content (AvgIpc) is 2.36. The first-order chi connectivity index (χ1) is 8.92. The molecule has 1 rings (SSSR count). The molecular formula is C13H17F2NO2S. The second kappa shape index (κ2) is 6.86. The maximum absolute atomic E-state index is 13.8. The maximum Gasteiger partial charge on any atom is 0.257 e. The first kappa shape index (κ1) is 15.9. The van der Waals surface area contributed by atoms with Crippen molar-refractivity contribution >= 4 is 17.7 Å². The van der Waals surface area contributed by atoms with Crippen LogP contribution in [0.25, 0.3) is 0 Å². The molecule has 19 heavy (non-hydrogen) atoms. The highest BCUT2D eigenvalue weighted by atomic mass is 32.2. The lowest BCUT2D eigenvalue weighted by Gasteiger charge is -2.21. The van der Waals surface area contributed by atoms with Crippen molar-refractivity contribution in [1.29, 1.82) is 0 Å². The smallest absolute Gasteiger partial charge is 0.257 e. The standard InChI is InChI=1S/C13H17F2NO2S/c1-7-4-5-9(14)11(12(7)15)13(18)16-8(2)10(6-17)19-3/h4-5,8,10,17H,6H2,1-3H3,(H,16,18). The molecule has 0 fully saturated rings. The zero-order valence-corrected chi connectivity index (χ0v) is 11.9. The zero-order chi connectivity index (χ0) is 14.6. The largest absolute Gasteiger partial charge is 0.395 e. The van der Waals surface area contributed by atoms with Gasteiger partial charge in [-0.1, -0.05) is 6.07 Å². The van der Waals surface area contributed by atoms with Crippen molar-refractivity contribution in [2.75, 3.05) is 12.9 Å². The van der Waals surface area contributed by atoms with Crippen LogP contribution in [0.1, 0.15) is 22.8 Å². The molecule has 1 aromatic rings. The Bertz CT molecular complexity index is 464. The van der Waals surface area contributed by atoms with Crippen LogP contribution in [-0.2, 0) is 0 Å². The van der Waals surface area contributed by atoms with E-state index in [4.69, 9.17) is 5.11 Å². The lowest BCUT2D eigenvalue weighted by atomic mass is 10.1. The van der Waals surface area contributed by atoms with E-state index in [0.717, 1.165) is 6.07 Å². The number of amides is 1. The van der Waals surface area contributed by atoms with Gasteiger partial charge in [0.15, 0.2) is 0 Å². The van der Waals surface area contributed by atoms with E-state index in [9.17, 15) is 13.6 Å². The summed E-state index contributed by atoms with van der Waals surface area (Å²) in [6, 6.07) is 1.95. The van der Waals surface area contributed by atoms with E-state index in [1.165, 1.54) is 24.8 Å². The Kier molecular flexibility index (Phi) is 5.75. The molecule has 0 saturated heterocycles. The number of nitrogens with one attached hydrogen (secondary N) is 1. The molecule has 1 aromatic carbocycles. The molecule has 0 aromatic heterocycles. The normalized spacial score (nSPS) is 14.0. The Balaban J connectivity index is 2.93. The highest BCUT2D eigenvalue weighted by Crippen LogP contribution is 2.17. The molecular weight excluding hydrogens is 272 g/mol. The predicted molar refractivity (Wildman–Crippen MR) is 72.4 cm³/mol. The Hall–Kier alpha value is -1.14. The number of rotatable bonds is 5. The Morgan fingerprint density at radius 3 is 2.63 bits per heavy atom.